The fourth-order valence-corrected chi connectivity index (χ4v) is 13.5. The molecule has 16 aromatic rings. The van der Waals surface area contributed by atoms with E-state index in [1.165, 1.54) is 11.3 Å². The average Bonchev–Trinajstić information content (AvgIpc) is 1.24. The second kappa shape index (κ2) is 26.8. The van der Waals surface area contributed by atoms with Crippen LogP contribution in [0, 0.1) is 0 Å². The molecule has 17 nitrogen and oxygen atoms in total. The van der Waals surface area contributed by atoms with Crippen LogP contribution in [0.25, 0.3) is 130 Å². The fraction of sp³-hybridized carbons (Fsp3) is 0.0833. The van der Waals surface area contributed by atoms with Gasteiger partial charge in [-0.05, 0) is 112 Å². The minimum absolute atomic E-state index is 0. The monoisotopic (exact) mass is 1310 g/mol. The third-order valence-corrected chi connectivity index (χ3v) is 18.2. The SMILES string of the molecule is COc1cc2cccnc2c2[nH]cc(-c3cccs3)c(=O)c12.COc1cc2cccnc2c2[nH]cc(-c3ccsc3)c(=O)c12.COc1cc2cccnc2c2c1c(=O)c(-c1cccs1)cn2C.COc1ccc(-c2c[nH]c3c(c(OC)cc4cccnc43)c2=O)cc1.Cl. The van der Waals surface area contributed by atoms with Gasteiger partial charge in [-0.3, -0.25) is 39.1 Å². The summed E-state index contributed by atoms with van der Waals surface area (Å²) in [5.74, 6) is 2.99. The number of aromatic nitrogens is 8. The van der Waals surface area contributed by atoms with Crippen molar-refractivity contribution in [2.24, 2.45) is 7.05 Å². The summed E-state index contributed by atoms with van der Waals surface area (Å²) >= 11 is 4.66. The molecule has 0 aliphatic carbocycles. The van der Waals surface area contributed by atoms with Gasteiger partial charge in [-0.25, -0.2) is 0 Å². The van der Waals surface area contributed by atoms with E-state index >= 15 is 0 Å². The molecule has 11 aromatic heterocycles. The number of ether oxygens (including phenoxy) is 5. The van der Waals surface area contributed by atoms with Crippen LogP contribution in [-0.4, -0.2) is 75.0 Å². The molecule has 0 spiro atoms. The first kappa shape index (κ1) is 62.2. The molecule has 3 N–H and O–H groups in total. The normalized spacial score (nSPS) is 11.0. The van der Waals surface area contributed by atoms with Crippen LogP contribution in [0.4, 0.5) is 0 Å². The smallest absolute Gasteiger partial charge is 0.201 e. The highest BCUT2D eigenvalue weighted by Crippen LogP contribution is 2.36. The molecule has 0 unspecified atom stereocenters. The Bertz CT molecular complexity index is 5530. The highest BCUT2D eigenvalue weighted by molar-refractivity contribution is 7.13. The second-order valence-electron chi connectivity index (χ2n) is 20.9. The van der Waals surface area contributed by atoms with Crippen molar-refractivity contribution in [3.8, 4) is 71.9 Å². The highest BCUT2D eigenvalue weighted by atomic mass is 35.5. The van der Waals surface area contributed by atoms with Gasteiger partial charge in [-0.15, -0.1) is 35.1 Å². The van der Waals surface area contributed by atoms with Crippen LogP contribution in [0.1, 0.15) is 0 Å². The summed E-state index contributed by atoms with van der Waals surface area (Å²) in [6.07, 6.45) is 14.0. The molecule has 0 bridgehead atoms. The van der Waals surface area contributed by atoms with Crippen molar-refractivity contribution < 1.29 is 23.7 Å². The van der Waals surface area contributed by atoms with Crippen molar-refractivity contribution >= 4 is 134 Å². The van der Waals surface area contributed by atoms with Crippen molar-refractivity contribution in [3.05, 3.63) is 239 Å². The van der Waals surface area contributed by atoms with Crippen LogP contribution >= 0.6 is 46.4 Å². The van der Waals surface area contributed by atoms with Gasteiger partial charge in [-0.2, -0.15) is 11.3 Å². The summed E-state index contributed by atoms with van der Waals surface area (Å²) in [5.41, 5.74) is 10.1. The quantitative estimate of drug-likeness (QED) is 0.115. The maximum atomic E-state index is 13.1. The first-order valence-electron chi connectivity index (χ1n) is 28.6. The van der Waals surface area contributed by atoms with Crippen molar-refractivity contribution in [2.45, 2.75) is 0 Å². The molecule has 0 saturated carbocycles. The van der Waals surface area contributed by atoms with Gasteiger partial charge >= 0.3 is 0 Å². The molecule has 16 rings (SSSR count). The van der Waals surface area contributed by atoms with E-state index < -0.39 is 0 Å². The number of nitrogens with zero attached hydrogens (tertiary/aromatic N) is 5. The van der Waals surface area contributed by atoms with Crippen LogP contribution in [0.5, 0.6) is 28.7 Å². The predicted octanol–water partition coefficient (Wildman–Crippen LogP) is 15.6. The maximum Gasteiger partial charge on any atom is 0.201 e. The molecule has 0 aliphatic heterocycles. The molecule has 21 heteroatoms. The van der Waals surface area contributed by atoms with Crippen molar-refractivity contribution in [1.82, 2.24) is 39.5 Å². The summed E-state index contributed by atoms with van der Waals surface area (Å²) in [7, 11) is 9.86. The number of hydrogen-bond donors (Lipinski definition) is 3. The molecule has 462 valence electrons. The summed E-state index contributed by atoms with van der Waals surface area (Å²) in [6.45, 7) is 0. The van der Waals surface area contributed by atoms with Crippen LogP contribution in [0.3, 0.4) is 0 Å². The third kappa shape index (κ3) is 11.6. The minimum atomic E-state index is -0.0941. The van der Waals surface area contributed by atoms with Gasteiger partial charge in [0, 0.05) is 99.0 Å². The molecule has 0 saturated heterocycles. The lowest BCUT2D eigenvalue weighted by atomic mass is 10.0. The van der Waals surface area contributed by atoms with E-state index in [2.05, 4.69) is 34.9 Å². The number of pyridine rings is 8. The Kier molecular flexibility index (Phi) is 17.9. The molecule has 0 atom stereocenters. The molecule has 11 heterocycles. The van der Waals surface area contributed by atoms with E-state index in [4.69, 9.17) is 23.7 Å². The Balaban J connectivity index is 0.000000119. The number of methoxy groups -OCH3 is 5. The summed E-state index contributed by atoms with van der Waals surface area (Å²) < 4.78 is 29.0. The number of rotatable bonds is 9. The number of H-pyrrole nitrogens is 3. The standard InChI is InChI=1S/C20H16N2O3.C18H14N2O2S.2C17H12N2O2S.ClH/c1-24-14-7-5-12(6-8-14)15-11-22-19-17(20(15)23)16(25-2)10-13-4-3-9-21-18(13)19;1-20-10-12(14-6-4-8-23-14)18(21)15-13(22-2)9-11-5-3-7-19-16(11)17(15)20;1-21-12-8-10-4-2-6-18-15(10)16-14(12)17(20)11(9-19-16)13-5-3-7-22-13;1-21-13-7-10-3-2-5-18-15(10)16-14(13)17(20)12(8-19-16)11-4-6-22-9-11;/h3-11H,1-2H3,(H,22,23);3-10H,1-2H3;2*2-9H,1H3,(H,19,20);1H. The molecule has 0 amide bonds. The minimum Gasteiger partial charge on any atom is -0.497 e. The van der Waals surface area contributed by atoms with E-state index in [9.17, 15) is 19.2 Å². The van der Waals surface area contributed by atoms with Gasteiger partial charge in [0.2, 0.25) is 21.7 Å². The lowest BCUT2D eigenvalue weighted by molar-refractivity contribution is 0.415. The molecular formula is C72H55ClN8O9S3. The zero-order chi connectivity index (χ0) is 63.6. The van der Waals surface area contributed by atoms with Crippen molar-refractivity contribution in [1.29, 1.82) is 0 Å². The molecule has 0 fully saturated rings. The number of hydrogen-bond acceptors (Lipinski definition) is 16. The van der Waals surface area contributed by atoms with Gasteiger partial charge in [-0.1, -0.05) is 48.5 Å². The highest BCUT2D eigenvalue weighted by Gasteiger charge is 2.21. The van der Waals surface area contributed by atoms with Gasteiger partial charge in [0.15, 0.2) is 0 Å². The average molecular weight is 1310 g/mol. The van der Waals surface area contributed by atoms with Crippen molar-refractivity contribution in [3.63, 3.8) is 0 Å². The topological polar surface area (TPSA) is 218 Å². The molecule has 0 aliphatic rings. The fourth-order valence-electron chi connectivity index (χ4n) is 11.4. The first-order valence-corrected chi connectivity index (χ1v) is 31.3. The Morgan fingerprint density at radius 1 is 0.409 bits per heavy atom. The van der Waals surface area contributed by atoms with Crippen LogP contribution < -0.4 is 45.4 Å². The molecule has 93 heavy (non-hydrogen) atoms. The summed E-state index contributed by atoms with van der Waals surface area (Å²) in [6, 6.07) is 39.8. The Hall–Kier alpha value is -11.0. The lowest BCUT2D eigenvalue weighted by Gasteiger charge is -2.13. The van der Waals surface area contributed by atoms with Gasteiger partial charge in [0.1, 0.15) is 28.7 Å². The predicted molar refractivity (Wildman–Crippen MR) is 379 cm³/mol. The number of aryl methyl sites for hydroxylation is 1. The van der Waals surface area contributed by atoms with Gasteiger partial charge in [0.25, 0.3) is 0 Å². The van der Waals surface area contributed by atoms with Crippen LogP contribution in [0.2, 0.25) is 0 Å². The maximum absolute atomic E-state index is 13.1. The molecular weight excluding hydrogens is 1250 g/mol. The van der Waals surface area contributed by atoms with E-state index in [0.29, 0.717) is 83.3 Å². The summed E-state index contributed by atoms with van der Waals surface area (Å²) in [5, 5.41) is 13.7. The van der Waals surface area contributed by atoms with Crippen molar-refractivity contribution in [2.75, 3.05) is 35.5 Å². The van der Waals surface area contributed by atoms with Gasteiger partial charge in [0.05, 0.1) is 112 Å². The Morgan fingerprint density at radius 2 is 0.806 bits per heavy atom. The van der Waals surface area contributed by atoms with Gasteiger partial charge < -0.3 is 43.2 Å². The van der Waals surface area contributed by atoms with Crippen LogP contribution in [-0.2, 0) is 7.05 Å². The summed E-state index contributed by atoms with van der Waals surface area (Å²) in [4.78, 5) is 81.3. The van der Waals surface area contributed by atoms with Crippen LogP contribution in [0.15, 0.2) is 218 Å². The zero-order valence-corrected chi connectivity index (χ0v) is 53.9. The number of halogens is 1. The van der Waals surface area contributed by atoms with E-state index in [1.54, 1.807) is 102 Å². The third-order valence-electron chi connectivity index (χ3n) is 15.7. The largest absolute Gasteiger partial charge is 0.497 e. The molecule has 5 aromatic carbocycles. The Morgan fingerprint density at radius 3 is 1.23 bits per heavy atom. The number of thiophene rings is 3. The number of benzene rings is 5. The second-order valence-corrected chi connectivity index (χ2v) is 23.5. The Labute approximate surface area is 547 Å². The first-order chi connectivity index (χ1) is 45.0. The molecule has 0 radical (unpaired) electrons. The van der Waals surface area contributed by atoms with E-state index in [1.807, 2.05) is 167 Å². The number of nitrogens with one attached hydrogen (secondary N) is 3. The van der Waals surface area contributed by atoms with E-state index in [-0.39, 0.29) is 34.1 Å². The zero-order valence-electron chi connectivity index (χ0n) is 50.6. The van der Waals surface area contributed by atoms with E-state index in [0.717, 1.165) is 75.8 Å². The lowest BCUT2D eigenvalue weighted by Crippen LogP contribution is -2.11. The number of aromatic amines is 3. The number of fused-ring (bicyclic) bond motifs is 12.